The average molecular weight is 365 g/mol. The Hall–Kier alpha value is -1.79. The minimum absolute atomic E-state index is 0.586. The van der Waals surface area contributed by atoms with Crippen LogP contribution in [0.2, 0.25) is 5.02 Å². The van der Waals surface area contributed by atoms with E-state index >= 15 is 0 Å². The fourth-order valence-electron chi connectivity index (χ4n) is 2.96. The van der Waals surface area contributed by atoms with Crippen LogP contribution >= 0.6 is 11.6 Å². The van der Waals surface area contributed by atoms with E-state index in [-0.39, 0.29) is 0 Å². The molecule has 6 nitrogen and oxygen atoms in total. The van der Waals surface area contributed by atoms with Crippen LogP contribution in [0.15, 0.2) is 12.1 Å². The topological polar surface area (TPSA) is 61.2 Å². The van der Waals surface area contributed by atoms with E-state index in [9.17, 15) is 0 Å². The van der Waals surface area contributed by atoms with Crippen molar-refractivity contribution in [3.05, 3.63) is 34.4 Å². The monoisotopic (exact) mass is 364 g/mol. The summed E-state index contributed by atoms with van der Waals surface area (Å²) < 4.78 is 13.6. The molecule has 0 aliphatic carbocycles. The van der Waals surface area contributed by atoms with E-state index in [0.717, 1.165) is 48.8 Å². The molecule has 136 valence electrons. The van der Waals surface area contributed by atoms with Gasteiger partial charge in [-0.15, -0.1) is 10.2 Å². The Kier molecular flexibility index (Phi) is 6.15. The number of fused-ring (bicyclic) bond motifs is 1. The van der Waals surface area contributed by atoms with Crippen molar-refractivity contribution >= 4 is 11.6 Å². The van der Waals surface area contributed by atoms with Gasteiger partial charge in [-0.25, -0.2) is 0 Å². The van der Waals surface area contributed by atoms with Crippen LogP contribution in [0, 0.1) is 0 Å². The number of halogens is 1. The van der Waals surface area contributed by atoms with E-state index in [4.69, 9.17) is 21.1 Å². The number of ether oxygens (including phenoxy) is 2. The lowest BCUT2D eigenvalue weighted by molar-refractivity contribution is 0.276. The first-order valence-corrected chi connectivity index (χ1v) is 9.30. The fraction of sp³-hybridized carbons (Fsp3) is 0.556. The maximum Gasteiger partial charge on any atom is 0.162 e. The maximum absolute atomic E-state index is 6.43. The van der Waals surface area contributed by atoms with Crippen molar-refractivity contribution < 1.29 is 9.47 Å². The SMILES string of the molecule is CCCOc1cc(Cl)c(CNCc2nnc3n2CCC3)cc1OCC. The summed E-state index contributed by atoms with van der Waals surface area (Å²) in [6.07, 6.45) is 3.12. The van der Waals surface area contributed by atoms with Gasteiger partial charge >= 0.3 is 0 Å². The molecule has 7 heteroatoms. The quantitative estimate of drug-likeness (QED) is 0.739. The minimum atomic E-state index is 0.586. The summed E-state index contributed by atoms with van der Waals surface area (Å²) in [6.45, 7) is 7.58. The average Bonchev–Trinajstić information content (AvgIpc) is 3.21. The largest absolute Gasteiger partial charge is 0.490 e. The summed E-state index contributed by atoms with van der Waals surface area (Å²) in [6, 6.07) is 3.80. The lowest BCUT2D eigenvalue weighted by atomic mass is 10.2. The van der Waals surface area contributed by atoms with Crippen LogP contribution in [-0.4, -0.2) is 28.0 Å². The van der Waals surface area contributed by atoms with Gasteiger partial charge in [0.15, 0.2) is 11.5 Å². The number of hydrogen-bond acceptors (Lipinski definition) is 5. The molecule has 0 spiro atoms. The first-order valence-electron chi connectivity index (χ1n) is 8.92. The summed E-state index contributed by atoms with van der Waals surface area (Å²) in [5.41, 5.74) is 0.982. The molecule has 0 saturated carbocycles. The van der Waals surface area contributed by atoms with Gasteiger partial charge in [-0.3, -0.25) is 0 Å². The zero-order valence-corrected chi connectivity index (χ0v) is 15.6. The molecule has 0 saturated heterocycles. The number of aromatic nitrogens is 3. The lowest BCUT2D eigenvalue weighted by Crippen LogP contribution is -2.17. The molecule has 1 N–H and O–H groups in total. The predicted molar refractivity (Wildman–Crippen MR) is 97.3 cm³/mol. The highest BCUT2D eigenvalue weighted by Crippen LogP contribution is 2.33. The van der Waals surface area contributed by atoms with Crippen LogP contribution in [0.5, 0.6) is 11.5 Å². The van der Waals surface area contributed by atoms with Crippen LogP contribution in [0.25, 0.3) is 0 Å². The van der Waals surface area contributed by atoms with Crippen LogP contribution in [0.4, 0.5) is 0 Å². The third-order valence-electron chi connectivity index (χ3n) is 4.16. The normalized spacial score (nSPS) is 13.1. The van der Waals surface area contributed by atoms with Gasteiger partial charge in [-0.1, -0.05) is 18.5 Å². The van der Waals surface area contributed by atoms with Gasteiger partial charge in [0.2, 0.25) is 0 Å². The third-order valence-corrected chi connectivity index (χ3v) is 4.51. The van der Waals surface area contributed by atoms with Crippen molar-refractivity contribution in [1.82, 2.24) is 20.1 Å². The summed E-state index contributed by atoms with van der Waals surface area (Å²) >= 11 is 6.43. The molecule has 1 aliphatic rings. The first-order chi connectivity index (χ1) is 12.2. The van der Waals surface area contributed by atoms with Crippen LogP contribution in [0.3, 0.4) is 0 Å². The van der Waals surface area contributed by atoms with Crippen molar-refractivity contribution in [2.75, 3.05) is 13.2 Å². The molecule has 0 radical (unpaired) electrons. The van der Waals surface area contributed by atoms with E-state index in [1.165, 1.54) is 0 Å². The van der Waals surface area contributed by atoms with Crippen molar-refractivity contribution in [2.24, 2.45) is 0 Å². The van der Waals surface area contributed by atoms with Gasteiger partial charge in [0.05, 0.1) is 19.8 Å². The van der Waals surface area contributed by atoms with E-state index in [1.54, 1.807) is 0 Å². The number of aryl methyl sites for hydroxylation is 1. The van der Waals surface area contributed by atoms with Crippen molar-refractivity contribution in [1.29, 1.82) is 0 Å². The predicted octanol–water partition coefficient (Wildman–Crippen LogP) is 3.36. The smallest absolute Gasteiger partial charge is 0.162 e. The second-order valence-electron chi connectivity index (χ2n) is 6.06. The fourth-order valence-corrected chi connectivity index (χ4v) is 3.18. The van der Waals surface area contributed by atoms with E-state index in [0.29, 0.717) is 37.1 Å². The standard InChI is InChI=1S/C18H25ClN4O2/c1-3-8-25-16-10-14(19)13(9-15(16)24-4-2)11-20-12-18-22-21-17-6-5-7-23(17)18/h9-10,20H,3-8,11-12H2,1-2H3. The highest BCUT2D eigenvalue weighted by atomic mass is 35.5. The molecule has 0 unspecified atom stereocenters. The Labute approximate surface area is 153 Å². The van der Waals surface area contributed by atoms with Crippen LogP contribution in [-0.2, 0) is 26.1 Å². The van der Waals surface area contributed by atoms with Gasteiger partial charge in [0.25, 0.3) is 0 Å². The molecular weight excluding hydrogens is 340 g/mol. The van der Waals surface area contributed by atoms with Crippen LogP contribution < -0.4 is 14.8 Å². The number of rotatable bonds is 9. The number of hydrogen-bond donors (Lipinski definition) is 1. The third kappa shape index (κ3) is 4.25. The molecule has 2 aromatic rings. The molecule has 1 aromatic heterocycles. The molecule has 1 aromatic carbocycles. The summed E-state index contributed by atoms with van der Waals surface area (Å²) in [5.74, 6) is 3.51. The van der Waals surface area contributed by atoms with Gasteiger partial charge in [0, 0.05) is 30.6 Å². The molecule has 25 heavy (non-hydrogen) atoms. The van der Waals surface area contributed by atoms with E-state index in [1.807, 2.05) is 19.1 Å². The van der Waals surface area contributed by atoms with Crippen molar-refractivity contribution in [2.45, 2.75) is 52.7 Å². The van der Waals surface area contributed by atoms with E-state index < -0.39 is 0 Å². The molecule has 0 atom stereocenters. The van der Waals surface area contributed by atoms with Crippen molar-refractivity contribution in [3.8, 4) is 11.5 Å². The summed E-state index contributed by atoms with van der Waals surface area (Å²) in [7, 11) is 0. The highest BCUT2D eigenvalue weighted by molar-refractivity contribution is 6.31. The number of benzene rings is 1. The Morgan fingerprint density at radius 2 is 2.00 bits per heavy atom. The van der Waals surface area contributed by atoms with E-state index in [2.05, 4.69) is 27.0 Å². The van der Waals surface area contributed by atoms with Gasteiger partial charge in [0.1, 0.15) is 11.6 Å². The lowest BCUT2D eigenvalue weighted by Gasteiger charge is -2.15. The molecule has 0 bridgehead atoms. The van der Waals surface area contributed by atoms with Crippen LogP contribution in [0.1, 0.15) is 43.9 Å². The summed E-state index contributed by atoms with van der Waals surface area (Å²) in [4.78, 5) is 0. The second-order valence-corrected chi connectivity index (χ2v) is 6.47. The first kappa shape index (κ1) is 18.0. The zero-order chi connectivity index (χ0) is 17.6. The zero-order valence-electron chi connectivity index (χ0n) is 14.8. The molecule has 2 heterocycles. The molecule has 3 rings (SSSR count). The molecule has 1 aliphatic heterocycles. The van der Waals surface area contributed by atoms with Gasteiger partial charge < -0.3 is 19.4 Å². The van der Waals surface area contributed by atoms with Crippen molar-refractivity contribution in [3.63, 3.8) is 0 Å². The second kappa shape index (κ2) is 8.54. The molecule has 0 fully saturated rings. The Morgan fingerprint density at radius 3 is 2.80 bits per heavy atom. The Bertz CT molecular complexity index is 717. The maximum atomic E-state index is 6.43. The van der Waals surface area contributed by atoms with Gasteiger partial charge in [-0.05, 0) is 31.4 Å². The Balaban J connectivity index is 1.65. The highest BCUT2D eigenvalue weighted by Gasteiger charge is 2.17. The van der Waals surface area contributed by atoms with Gasteiger partial charge in [-0.2, -0.15) is 0 Å². The molecule has 0 amide bonds. The molecular formula is C18H25ClN4O2. The number of nitrogens with zero attached hydrogens (tertiary/aromatic N) is 3. The number of nitrogens with one attached hydrogen (secondary N) is 1. The summed E-state index contributed by atoms with van der Waals surface area (Å²) in [5, 5.41) is 12.6. The Morgan fingerprint density at radius 1 is 1.16 bits per heavy atom. The minimum Gasteiger partial charge on any atom is -0.490 e.